The molecule has 0 spiro atoms. The molecule has 0 N–H and O–H groups in total. The first kappa shape index (κ1) is 20.8. The molecule has 3 aromatic carbocycles. The highest BCUT2D eigenvalue weighted by molar-refractivity contribution is 6.08. The second-order valence-corrected chi connectivity index (χ2v) is 7.17. The minimum Gasteiger partial charge on any atom is -0.491 e. The third kappa shape index (κ3) is 6.03. The molecule has 0 bridgehead atoms. The molecule has 0 aliphatic carbocycles. The van der Waals surface area contributed by atoms with E-state index in [9.17, 15) is 4.79 Å². The van der Waals surface area contributed by atoms with Crippen LogP contribution in [0.4, 0.5) is 0 Å². The molecule has 0 saturated heterocycles. The van der Waals surface area contributed by atoms with Crippen LogP contribution in [-0.4, -0.2) is 19.0 Å². The SMILES string of the molecule is CCC(C)c1ccc(COCCOc2ccc(C(=O)c3ccccc3)cc2)cc1. The fraction of sp³-hybridized carbons (Fsp3) is 0.269. The summed E-state index contributed by atoms with van der Waals surface area (Å²) >= 11 is 0. The third-order valence-electron chi connectivity index (χ3n) is 5.08. The second kappa shape index (κ2) is 10.6. The third-order valence-corrected chi connectivity index (χ3v) is 5.08. The summed E-state index contributed by atoms with van der Waals surface area (Å²) in [5, 5.41) is 0. The normalized spacial score (nSPS) is 11.8. The molecule has 1 atom stereocenters. The van der Waals surface area contributed by atoms with Gasteiger partial charge in [-0.25, -0.2) is 0 Å². The molecular formula is C26H28O3. The Balaban J connectivity index is 1.40. The first-order valence-corrected chi connectivity index (χ1v) is 10.2. The van der Waals surface area contributed by atoms with Crippen LogP contribution in [0.25, 0.3) is 0 Å². The van der Waals surface area contributed by atoms with Crippen LogP contribution in [-0.2, 0) is 11.3 Å². The molecule has 3 nitrogen and oxygen atoms in total. The molecule has 1 unspecified atom stereocenters. The molecule has 0 aliphatic rings. The molecule has 0 aromatic heterocycles. The van der Waals surface area contributed by atoms with Gasteiger partial charge >= 0.3 is 0 Å². The number of hydrogen-bond acceptors (Lipinski definition) is 3. The van der Waals surface area contributed by atoms with Gasteiger partial charge in [-0.3, -0.25) is 4.79 Å². The minimum atomic E-state index is 0.0137. The first-order chi connectivity index (χ1) is 14.2. The van der Waals surface area contributed by atoms with Crippen molar-refractivity contribution in [3.63, 3.8) is 0 Å². The number of carbonyl (C=O) groups excluding carboxylic acids is 1. The molecule has 0 fully saturated rings. The highest BCUT2D eigenvalue weighted by atomic mass is 16.5. The lowest BCUT2D eigenvalue weighted by atomic mass is 9.98. The summed E-state index contributed by atoms with van der Waals surface area (Å²) in [5.74, 6) is 1.34. The van der Waals surface area contributed by atoms with Crippen molar-refractivity contribution in [2.45, 2.75) is 32.8 Å². The predicted octanol–water partition coefficient (Wildman–Crippen LogP) is 6.03. The van der Waals surface area contributed by atoms with Gasteiger partial charge in [0.05, 0.1) is 13.2 Å². The van der Waals surface area contributed by atoms with E-state index in [4.69, 9.17) is 9.47 Å². The topological polar surface area (TPSA) is 35.5 Å². The molecule has 150 valence electrons. The Labute approximate surface area is 173 Å². The first-order valence-electron chi connectivity index (χ1n) is 10.2. The van der Waals surface area contributed by atoms with E-state index in [2.05, 4.69) is 38.1 Å². The summed E-state index contributed by atoms with van der Waals surface area (Å²) in [7, 11) is 0. The lowest BCUT2D eigenvalue weighted by Crippen LogP contribution is -2.07. The van der Waals surface area contributed by atoms with Gasteiger partial charge < -0.3 is 9.47 Å². The van der Waals surface area contributed by atoms with E-state index in [1.54, 1.807) is 12.1 Å². The van der Waals surface area contributed by atoms with E-state index in [0.717, 1.165) is 12.2 Å². The Hall–Kier alpha value is -2.91. The highest BCUT2D eigenvalue weighted by Gasteiger charge is 2.08. The Morgan fingerprint density at radius 1 is 0.828 bits per heavy atom. The van der Waals surface area contributed by atoms with Gasteiger partial charge in [0, 0.05) is 11.1 Å². The quantitative estimate of drug-likeness (QED) is 0.314. The van der Waals surface area contributed by atoms with Crippen LogP contribution in [0, 0.1) is 0 Å². The summed E-state index contributed by atoms with van der Waals surface area (Å²) in [6.45, 7) is 6.01. The fourth-order valence-electron chi connectivity index (χ4n) is 3.05. The van der Waals surface area contributed by atoms with Crippen molar-refractivity contribution in [3.05, 3.63) is 101 Å². The van der Waals surface area contributed by atoms with E-state index in [1.165, 1.54) is 11.1 Å². The average Bonchev–Trinajstić information content (AvgIpc) is 2.79. The Kier molecular flexibility index (Phi) is 7.60. The maximum atomic E-state index is 12.4. The van der Waals surface area contributed by atoms with Crippen molar-refractivity contribution in [3.8, 4) is 5.75 Å². The molecule has 0 heterocycles. The van der Waals surface area contributed by atoms with Gasteiger partial charge in [0.1, 0.15) is 12.4 Å². The van der Waals surface area contributed by atoms with Crippen molar-refractivity contribution in [2.24, 2.45) is 0 Å². The molecule has 29 heavy (non-hydrogen) atoms. The summed E-state index contributed by atoms with van der Waals surface area (Å²) in [5.41, 5.74) is 3.88. The molecule has 0 radical (unpaired) electrons. The summed E-state index contributed by atoms with van der Waals surface area (Å²) in [6.07, 6.45) is 1.15. The average molecular weight is 389 g/mol. The lowest BCUT2D eigenvalue weighted by molar-refractivity contribution is 0.0889. The van der Waals surface area contributed by atoms with Gasteiger partial charge in [-0.2, -0.15) is 0 Å². The summed E-state index contributed by atoms with van der Waals surface area (Å²) in [6, 6.07) is 25.1. The standard InChI is InChI=1S/C26H28O3/c1-3-20(2)22-11-9-21(10-12-22)19-28-17-18-29-25-15-13-24(14-16-25)26(27)23-7-5-4-6-8-23/h4-16,20H,3,17-19H2,1-2H3. The number of rotatable bonds is 10. The van der Waals surface area contributed by atoms with Gasteiger partial charge in [-0.1, -0.05) is 68.4 Å². The largest absolute Gasteiger partial charge is 0.491 e. The number of carbonyl (C=O) groups is 1. The molecule has 3 rings (SSSR count). The van der Waals surface area contributed by atoms with E-state index in [1.807, 2.05) is 42.5 Å². The van der Waals surface area contributed by atoms with E-state index in [-0.39, 0.29) is 5.78 Å². The molecular weight excluding hydrogens is 360 g/mol. The number of ketones is 1. The predicted molar refractivity (Wildman–Crippen MR) is 117 cm³/mol. The van der Waals surface area contributed by atoms with Crippen LogP contribution >= 0.6 is 0 Å². The summed E-state index contributed by atoms with van der Waals surface area (Å²) in [4.78, 5) is 12.4. The van der Waals surface area contributed by atoms with Gasteiger partial charge in [0.15, 0.2) is 5.78 Å². The maximum absolute atomic E-state index is 12.4. The van der Waals surface area contributed by atoms with Crippen molar-refractivity contribution in [1.82, 2.24) is 0 Å². The van der Waals surface area contributed by atoms with Crippen molar-refractivity contribution >= 4 is 5.78 Å². The maximum Gasteiger partial charge on any atom is 0.193 e. The van der Waals surface area contributed by atoms with E-state index < -0.39 is 0 Å². The molecule has 0 amide bonds. The van der Waals surface area contributed by atoms with Gasteiger partial charge in [-0.05, 0) is 47.7 Å². The number of ether oxygens (including phenoxy) is 2. The Morgan fingerprint density at radius 3 is 2.14 bits per heavy atom. The van der Waals surface area contributed by atoms with E-state index in [0.29, 0.717) is 36.9 Å². The highest BCUT2D eigenvalue weighted by Crippen LogP contribution is 2.19. The van der Waals surface area contributed by atoms with Crippen molar-refractivity contribution < 1.29 is 14.3 Å². The number of hydrogen-bond donors (Lipinski definition) is 0. The number of benzene rings is 3. The van der Waals surface area contributed by atoms with Crippen LogP contribution in [0.2, 0.25) is 0 Å². The zero-order valence-corrected chi connectivity index (χ0v) is 17.1. The van der Waals surface area contributed by atoms with Crippen molar-refractivity contribution in [2.75, 3.05) is 13.2 Å². The molecule has 3 aromatic rings. The van der Waals surface area contributed by atoms with Crippen LogP contribution in [0.5, 0.6) is 5.75 Å². The van der Waals surface area contributed by atoms with Crippen molar-refractivity contribution in [1.29, 1.82) is 0 Å². The zero-order chi connectivity index (χ0) is 20.5. The van der Waals surface area contributed by atoms with Gasteiger partial charge in [0.25, 0.3) is 0 Å². The van der Waals surface area contributed by atoms with Crippen LogP contribution < -0.4 is 4.74 Å². The van der Waals surface area contributed by atoms with E-state index >= 15 is 0 Å². The van der Waals surface area contributed by atoms with Crippen LogP contribution in [0.3, 0.4) is 0 Å². The summed E-state index contributed by atoms with van der Waals surface area (Å²) < 4.78 is 11.4. The van der Waals surface area contributed by atoms with Crippen LogP contribution in [0.15, 0.2) is 78.9 Å². The smallest absolute Gasteiger partial charge is 0.193 e. The molecule has 0 saturated carbocycles. The monoisotopic (exact) mass is 388 g/mol. The van der Waals surface area contributed by atoms with Gasteiger partial charge in [0.2, 0.25) is 0 Å². The molecule has 0 aliphatic heterocycles. The van der Waals surface area contributed by atoms with Gasteiger partial charge in [-0.15, -0.1) is 0 Å². The molecule has 3 heteroatoms. The second-order valence-electron chi connectivity index (χ2n) is 7.17. The van der Waals surface area contributed by atoms with Crippen LogP contribution in [0.1, 0.15) is 53.2 Å². The fourth-order valence-corrected chi connectivity index (χ4v) is 3.05. The zero-order valence-electron chi connectivity index (χ0n) is 17.1. The Bertz CT molecular complexity index is 884. The Morgan fingerprint density at radius 2 is 1.48 bits per heavy atom. The minimum absolute atomic E-state index is 0.0137. The lowest BCUT2D eigenvalue weighted by Gasteiger charge is -2.10.